The summed E-state index contributed by atoms with van der Waals surface area (Å²) < 4.78 is 0. The molecule has 2 N–H and O–H groups in total. The van der Waals surface area contributed by atoms with Crippen LogP contribution in [0, 0.1) is 0 Å². The average Bonchev–Trinajstić information content (AvgIpc) is 2.46. The molecule has 0 aliphatic carbocycles. The number of nitrogens with one attached hydrogen (secondary N) is 1. The summed E-state index contributed by atoms with van der Waals surface area (Å²) in [6.45, 7) is 0. The molecule has 0 bridgehead atoms. The van der Waals surface area contributed by atoms with E-state index < -0.39 is 6.04 Å². The molecule has 0 aromatic heterocycles. The summed E-state index contributed by atoms with van der Waals surface area (Å²) in [7, 11) is 0. The van der Waals surface area contributed by atoms with Crippen LogP contribution in [0.4, 0.5) is 0 Å². The zero-order valence-electron chi connectivity index (χ0n) is 7.36. The molecule has 72 valence electrons. The highest BCUT2D eigenvalue weighted by Gasteiger charge is 2.32. The van der Waals surface area contributed by atoms with Crippen molar-refractivity contribution in [2.45, 2.75) is 12.5 Å². The lowest BCUT2D eigenvalue weighted by Gasteiger charge is -2.10. The number of carbonyl (C=O) groups excluding carboxylic acids is 2. The minimum Gasteiger partial charge on any atom is -0.508 e. The fraction of sp³-hybridized carbons (Fsp3) is 0.200. The van der Waals surface area contributed by atoms with E-state index in [4.69, 9.17) is 0 Å². The van der Waals surface area contributed by atoms with E-state index >= 15 is 0 Å². The highest BCUT2D eigenvalue weighted by molar-refractivity contribution is 6.08. The fourth-order valence-corrected chi connectivity index (χ4v) is 1.54. The number of amides is 1. The zero-order valence-corrected chi connectivity index (χ0v) is 7.36. The third-order valence-electron chi connectivity index (χ3n) is 2.21. The normalized spacial score (nSPS) is 21.0. The Kier molecular flexibility index (Phi) is 1.96. The summed E-state index contributed by atoms with van der Waals surface area (Å²) in [6, 6.07) is 5.83. The quantitative estimate of drug-likeness (QED) is 0.636. The first-order valence-electron chi connectivity index (χ1n) is 4.28. The molecule has 0 radical (unpaired) electrons. The highest BCUT2D eigenvalue weighted by atomic mass is 16.3. The van der Waals surface area contributed by atoms with Gasteiger partial charge in [0.05, 0.1) is 6.42 Å². The third kappa shape index (κ3) is 1.35. The largest absolute Gasteiger partial charge is 0.508 e. The first-order valence-corrected chi connectivity index (χ1v) is 4.28. The van der Waals surface area contributed by atoms with Crippen LogP contribution >= 0.6 is 0 Å². The number of rotatable bonds is 1. The van der Waals surface area contributed by atoms with Crippen molar-refractivity contribution in [3.05, 3.63) is 29.8 Å². The van der Waals surface area contributed by atoms with E-state index in [0.29, 0.717) is 5.56 Å². The van der Waals surface area contributed by atoms with Crippen molar-refractivity contribution in [2.75, 3.05) is 0 Å². The number of hydrogen-bond acceptors (Lipinski definition) is 3. The number of Topliss-reactive ketones (excluding diaryl/α,β-unsaturated/α-hetero) is 1. The molecule has 4 heteroatoms. The predicted molar refractivity (Wildman–Crippen MR) is 48.6 cm³/mol. The van der Waals surface area contributed by atoms with Crippen LogP contribution in [0.2, 0.25) is 0 Å². The first-order chi connectivity index (χ1) is 6.68. The van der Waals surface area contributed by atoms with Gasteiger partial charge in [-0.2, -0.15) is 0 Å². The van der Waals surface area contributed by atoms with Gasteiger partial charge in [0, 0.05) is 5.56 Å². The Morgan fingerprint density at radius 1 is 1.29 bits per heavy atom. The highest BCUT2D eigenvalue weighted by Crippen LogP contribution is 2.27. The lowest BCUT2D eigenvalue weighted by atomic mass is 10.0. The topological polar surface area (TPSA) is 66.4 Å². The zero-order chi connectivity index (χ0) is 10.1. The van der Waals surface area contributed by atoms with Gasteiger partial charge in [-0.05, 0) is 6.07 Å². The maximum atomic E-state index is 11.3. The van der Waals surface area contributed by atoms with Crippen molar-refractivity contribution >= 4 is 11.7 Å². The van der Waals surface area contributed by atoms with Gasteiger partial charge in [0.15, 0.2) is 5.78 Å². The Balaban J connectivity index is 2.36. The van der Waals surface area contributed by atoms with Crippen LogP contribution in [0.3, 0.4) is 0 Å². The molecule has 1 heterocycles. The van der Waals surface area contributed by atoms with Gasteiger partial charge in [-0.15, -0.1) is 0 Å². The molecule has 1 aromatic rings. The number of para-hydroxylation sites is 1. The molecule has 1 atom stereocenters. The molecule has 2 rings (SSSR count). The van der Waals surface area contributed by atoms with E-state index in [0.717, 1.165) is 0 Å². The van der Waals surface area contributed by atoms with Gasteiger partial charge < -0.3 is 10.4 Å². The van der Waals surface area contributed by atoms with Crippen molar-refractivity contribution in [3.63, 3.8) is 0 Å². The molecule has 1 saturated heterocycles. The molecular formula is C10H9NO3. The van der Waals surface area contributed by atoms with Crippen LogP contribution in [0.15, 0.2) is 24.3 Å². The number of ketones is 1. The first kappa shape index (κ1) is 8.74. The van der Waals surface area contributed by atoms with E-state index in [1.54, 1.807) is 18.2 Å². The summed E-state index contributed by atoms with van der Waals surface area (Å²) in [6.07, 6.45) is -0.0982. The van der Waals surface area contributed by atoms with Crippen LogP contribution in [-0.4, -0.2) is 16.8 Å². The van der Waals surface area contributed by atoms with Crippen molar-refractivity contribution in [2.24, 2.45) is 0 Å². The van der Waals surface area contributed by atoms with E-state index in [1.807, 2.05) is 0 Å². The summed E-state index contributed by atoms with van der Waals surface area (Å²) >= 11 is 0. The monoisotopic (exact) mass is 191 g/mol. The molecule has 1 aliphatic rings. The Hall–Kier alpha value is -1.84. The molecular weight excluding hydrogens is 182 g/mol. The van der Waals surface area contributed by atoms with Gasteiger partial charge in [-0.3, -0.25) is 9.59 Å². The molecule has 4 nitrogen and oxygen atoms in total. The maximum Gasteiger partial charge on any atom is 0.228 e. The lowest BCUT2D eigenvalue weighted by Crippen LogP contribution is -2.20. The second kappa shape index (κ2) is 3.14. The Morgan fingerprint density at radius 3 is 2.57 bits per heavy atom. The van der Waals surface area contributed by atoms with Gasteiger partial charge in [-0.1, -0.05) is 18.2 Å². The van der Waals surface area contributed by atoms with Crippen LogP contribution in [0.1, 0.15) is 18.0 Å². The Bertz CT molecular complexity index is 400. The summed E-state index contributed by atoms with van der Waals surface area (Å²) in [5.74, 6) is -0.451. The molecule has 1 aliphatic heterocycles. The summed E-state index contributed by atoms with van der Waals surface area (Å²) in [5, 5.41) is 12.0. The predicted octanol–water partition coefficient (Wildman–Crippen LogP) is 0.522. The number of aromatic hydroxyl groups is 1. The minimum atomic E-state index is -0.677. The van der Waals surface area contributed by atoms with Crippen LogP contribution < -0.4 is 5.32 Å². The van der Waals surface area contributed by atoms with Gasteiger partial charge >= 0.3 is 0 Å². The maximum absolute atomic E-state index is 11.3. The number of hydrogen-bond donors (Lipinski definition) is 2. The lowest BCUT2D eigenvalue weighted by molar-refractivity contribution is -0.122. The average molecular weight is 191 g/mol. The molecule has 1 amide bonds. The second-order valence-corrected chi connectivity index (χ2v) is 3.20. The molecule has 1 fully saturated rings. The van der Waals surface area contributed by atoms with E-state index in [1.165, 1.54) is 6.07 Å². The number of phenolic OH excluding ortho intramolecular Hbond substituents is 1. The number of benzene rings is 1. The Labute approximate surface area is 80.6 Å². The fourth-order valence-electron chi connectivity index (χ4n) is 1.54. The SMILES string of the molecule is O=C1CC(=O)C(c2ccccc2O)N1. The molecule has 1 unspecified atom stereocenters. The van der Waals surface area contributed by atoms with Crippen molar-refractivity contribution in [1.82, 2.24) is 5.32 Å². The third-order valence-corrected chi connectivity index (χ3v) is 2.21. The molecule has 0 spiro atoms. The molecule has 14 heavy (non-hydrogen) atoms. The molecule has 1 aromatic carbocycles. The van der Waals surface area contributed by atoms with Crippen LogP contribution in [-0.2, 0) is 9.59 Å². The Morgan fingerprint density at radius 2 is 2.00 bits per heavy atom. The minimum absolute atomic E-state index is 0.0352. The van der Waals surface area contributed by atoms with Gasteiger partial charge in [0.25, 0.3) is 0 Å². The number of carbonyl (C=O) groups is 2. The summed E-state index contributed by atoms with van der Waals surface area (Å²) in [4.78, 5) is 22.3. The number of phenols is 1. The standard InChI is InChI=1S/C10H9NO3/c12-7-4-2-1-3-6(7)10-8(13)5-9(14)11-10/h1-4,10,12H,5H2,(H,11,14). The van der Waals surface area contributed by atoms with Crippen LogP contribution in [0.25, 0.3) is 0 Å². The van der Waals surface area contributed by atoms with Crippen molar-refractivity contribution in [1.29, 1.82) is 0 Å². The van der Waals surface area contributed by atoms with Gasteiger partial charge in [0.1, 0.15) is 11.8 Å². The van der Waals surface area contributed by atoms with Gasteiger partial charge in [-0.25, -0.2) is 0 Å². The molecule has 0 saturated carbocycles. The smallest absolute Gasteiger partial charge is 0.228 e. The van der Waals surface area contributed by atoms with E-state index in [9.17, 15) is 14.7 Å². The van der Waals surface area contributed by atoms with Crippen molar-refractivity contribution in [3.8, 4) is 5.75 Å². The van der Waals surface area contributed by atoms with Crippen molar-refractivity contribution < 1.29 is 14.7 Å². The van der Waals surface area contributed by atoms with E-state index in [2.05, 4.69) is 5.32 Å². The summed E-state index contributed by atoms with van der Waals surface area (Å²) in [5.41, 5.74) is 0.461. The van der Waals surface area contributed by atoms with E-state index in [-0.39, 0.29) is 23.9 Å². The van der Waals surface area contributed by atoms with Gasteiger partial charge in [0.2, 0.25) is 5.91 Å². The van der Waals surface area contributed by atoms with Crippen LogP contribution in [0.5, 0.6) is 5.75 Å². The second-order valence-electron chi connectivity index (χ2n) is 3.20.